The van der Waals surface area contributed by atoms with Crippen LogP contribution in [0.25, 0.3) is 0 Å². The predicted molar refractivity (Wildman–Crippen MR) is 80.7 cm³/mol. The van der Waals surface area contributed by atoms with E-state index in [9.17, 15) is 0 Å². The summed E-state index contributed by atoms with van der Waals surface area (Å²) in [6.07, 6.45) is 0. The number of rotatable bonds is 7. The Balaban J connectivity index is 1.93. The molecule has 0 amide bonds. The van der Waals surface area contributed by atoms with Crippen LogP contribution >= 0.6 is 0 Å². The number of nitriles is 1. The van der Waals surface area contributed by atoms with Gasteiger partial charge in [-0.05, 0) is 35.4 Å². The smallest absolute Gasteiger partial charge is 0.120 e. The van der Waals surface area contributed by atoms with Crippen LogP contribution in [-0.4, -0.2) is 18.3 Å². The topological polar surface area (TPSA) is 65.3 Å². The minimum absolute atomic E-state index is 0.130. The van der Waals surface area contributed by atoms with Crippen LogP contribution in [0.1, 0.15) is 16.7 Å². The van der Waals surface area contributed by atoms with E-state index >= 15 is 0 Å². The largest absolute Gasteiger partial charge is 0.489 e. The Hall–Kier alpha value is -2.35. The lowest BCUT2D eigenvalue weighted by Gasteiger charge is -2.09. The first-order valence-corrected chi connectivity index (χ1v) is 6.84. The van der Waals surface area contributed by atoms with Gasteiger partial charge in [-0.1, -0.05) is 24.3 Å². The maximum atomic E-state index is 8.87. The molecule has 21 heavy (non-hydrogen) atoms. The Morgan fingerprint density at radius 1 is 1.10 bits per heavy atom. The molecule has 0 radical (unpaired) electrons. The average Bonchev–Trinajstić information content (AvgIpc) is 2.54. The van der Waals surface area contributed by atoms with Crippen molar-refractivity contribution in [3.05, 3.63) is 65.2 Å². The van der Waals surface area contributed by atoms with E-state index in [0.717, 1.165) is 16.9 Å². The Kier molecular flexibility index (Phi) is 5.77. The van der Waals surface area contributed by atoms with E-state index in [0.29, 0.717) is 25.3 Å². The van der Waals surface area contributed by atoms with Gasteiger partial charge in [-0.15, -0.1) is 0 Å². The average molecular weight is 282 g/mol. The molecule has 4 heteroatoms. The van der Waals surface area contributed by atoms with Gasteiger partial charge in [0.05, 0.1) is 18.2 Å². The molecule has 0 aliphatic rings. The van der Waals surface area contributed by atoms with Crippen LogP contribution in [0.4, 0.5) is 0 Å². The number of aliphatic hydroxyl groups excluding tert-OH is 1. The number of benzene rings is 2. The molecule has 0 saturated carbocycles. The minimum Gasteiger partial charge on any atom is -0.489 e. The maximum absolute atomic E-state index is 8.87. The highest BCUT2D eigenvalue weighted by Crippen LogP contribution is 2.15. The van der Waals surface area contributed by atoms with Gasteiger partial charge < -0.3 is 15.2 Å². The van der Waals surface area contributed by atoms with Gasteiger partial charge in [-0.25, -0.2) is 0 Å². The Bertz CT molecular complexity index is 620. The normalized spacial score (nSPS) is 10.1. The summed E-state index contributed by atoms with van der Waals surface area (Å²) in [5, 5.41) is 20.7. The highest BCUT2D eigenvalue weighted by Gasteiger charge is 1.99. The number of nitrogens with zero attached hydrogens (tertiary/aromatic N) is 1. The van der Waals surface area contributed by atoms with Crippen molar-refractivity contribution in [2.45, 2.75) is 13.2 Å². The quantitative estimate of drug-likeness (QED) is 0.764. The van der Waals surface area contributed by atoms with E-state index in [2.05, 4.69) is 11.4 Å². The summed E-state index contributed by atoms with van der Waals surface area (Å²) in [5.41, 5.74) is 2.71. The summed E-state index contributed by atoms with van der Waals surface area (Å²) in [5.74, 6) is 0.792. The fourth-order valence-corrected chi connectivity index (χ4v) is 1.95. The summed E-state index contributed by atoms with van der Waals surface area (Å²) >= 11 is 0. The summed E-state index contributed by atoms with van der Waals surface area (Å²) in [6.45, 7) is 1.84. The van der Waals surface area contributed by atoms with Gasteiger partial charge in [0.25, 0.3) is 0 Å². The molecule has 0 heterocycles. The lowest BCUT2D eigenvalue weighted by atomic mass is 10.1. The molecule has 0 aliphatic carbocycles. The molecule has 2 aromatic carbocycles. The van der Waals surface area contributed by atoms with Crippen LogP contribution in [0, 0.1) is 11.3 Å². The molecule has 2 aromatic rings. The number of aliphatic hydroxyl groups is 1. The van der Waals surface area contributed by atoms with E-state index in [1.165, 1.54) is 0 Å². The van der Waals surface area contributed by atoms with Gasteiger partial charge in [0.2, 0.25) is 0 Å². The molecule has 0 spiro atoms. The van der Waals surface area contributed by atoms with Crippen LogP contribution < -0.4 is 10.1 Å². The Morgan fingerprint density at radius 3 is 2.71 bits per heavy atom. The molecule has 0 unspecified atom stereocenters. The molecule has 0 aliphatic heterocycles. The first-order valence-electron chi connectivity index (χ1n) is 6.84. The molecular formula is C17H18N2O2. The van der Waals surface area contributed by atoms with E-state index < -0.39 is 0 Å². The molecule has 2 N–H and O–H groups in total. The fourth-order valence-electron chi connectivity index (χ4n) is 1.95. The van der Waals surface area contributed by atoms with E-state index in [-0.39, 0.29) is 6.61 Å². The van der Waals surface area contributed by atoms with Gasteiger partial charge >= 0.3 is 0 Å². The second-order valence-electron chi connectivity index (χ2n) is 4.65. The van der Waals surface area contributed by atoms with Crippen LogP contribution in [0.2, 0.25) is 0 Å². The molecule has 0 bridgehead atoms. The first kappa shape index (κ1) is 15.0. The third kappa shape index (κ3) is 4.92. The van der Waals surface area contributed by atoms with Crippen molar-refractivity contribution < 1.29 is 9.84 Å². The Labute approximate surface area is 124 Å². The SMILES string of the molecule is N#Cc1cccc(COc2cccc(CNCCO)c2)c1. The molecule has 0 saturated heterocycles. The predicted octanol–water partition coefficient (Wildman–Crippen LogP) is 2.22. The van der Waals surface area contributed by atoms with Crippen molar-refractivity contribution in [1.82, 2.24) is 5.32 Å². The van der Waals surface area contributed by atoms with Crippen molar-refractivity contribution in [2.75, 3.05) is 13.2 Å². The van der Waals surface area contributed by atoms with E-state index in [1.807, 2.05) is 42.5 Å². The van der Waals surface area contributed by atoms with Crippen molar-refractivity contribution in [3.63, 3.8) is 0 Å². The number of nitrogens with one attached hydrogen (secondary N) is 1. The zero-order valence-electron chi connectivity index (χ0n) is 11.7. The van der Waals surface area contributed by atoms with Crippen LogP contribution in [0.15, 0.2) is 48.5 Å². The summed E-state index contributed by atoms with van der Waals surface area (Å²) < 4.78 is 5.75. The molecule has 0 atom stereocenters. The summed E-state index contributed by atoms with van der Waals surface area (Å²) in [7, 11) is 0. The van der Waals surface area contributed by atoms with Gasteiger partial charge in [0.15, 0.2) is 0 Å². The zero-order valence-corrected chi connectivity index (χ0v) is 11.7. The van der Waals surface area contributed by atoms with Crippen LogP contribution in [0.3, 0.4) is 0 Å². The lowest BCUT2D eigenvalue weighted by Crippen LogP contribution is -2.17. The van der Waals surface area contributed by atoms with Crippen molar-refractivity contribution >= 4 is 0 Å². The molecule has 0 aromatic heterocycles. The number of ether oxygens (including phenoxy) is 1. The molecule has 0 fully saturated rings. The van der Waals surface area contributed by atoms with Gasteiger partial charge in [0.1, 0.15) is 12.4 Å². The minimum atomic E-state index is 0.130. The van der Waals surface area contributed by atoms with Crippen LogP contribution in [0.5, 0.6) is 5.75 Å². The third-order valence-electron chi connectivity index (χ3n) is 2.98. The van der Waals surface area contributed by atoms with Gasteiger partial charge in [0, 0.05) is 13.1 Å². The maximum Gasteiger partial charge on any atom is 0.120 e. The monoisotopic (exact) mass is 282 g/mol. The highest BCUT2D eigenvalue weighted by atomic mass is 16.5. The van der Waals surface area contributed by atoms with Gasteiger partial charge in [-0.3, -0.25) is 0 Å². The summed E-state index contributed by atoms with van der Waals surface area (Å²) in [6, 6.07) is 17.3. The second-order valence-corrected chi connectivity index (χ2v) is 4.65. The van der Waals surface area contributed by atoms with Crippen LogP contribution in [-0.2, 0) is 13.2 Å². The standard InChI is InChI=1S/C17H18N2O2/c18-11-14-3-1-5-16(9-14)13-21-17-6-2-4-15(10-17)12-19-7-8-20/h1-6,9-10,19-20H,7-8,12-13H2. The molecule has 108 valence electrons. The lowest BCUT2D eigenvalue weighted by molar-refractivity contribution is 0.291. The number of hydrogen-bond acceptors (Lipinski definition) is 4. The highest BCUT2D eigenvalue weighted by molar-refractivity contribution is 5.33. The molecule has 2 rings (SSSR count). The Morgan fingerprint density at radius 2 is 1.90 bits per heavy atom. The second kappa shape index (κ2) is 8.05. The summed E-state index contributed by atoms with van der Waals surface area (Å²) in [4.78, 5) is 0. The first-order chi connectivity index (χ1) is 10.3. The van der Waals surface area contributed by atoms with E-state index in [1.54, 1.807) is 6.07 Å². The van der Waals surface area contributed by atoms with Crippen molar-refractivity contribution in [2.24, 2.45) is 0 Å². The fraction of sp³-hybridized carbons (Fsp3) is 0.235. The van der Waals surface area contributed by atoms with Gasteiger partial charge in [-0.2, -0.15) is 5.26 Å². The van der Waals surface area contributed by atoms with Crippen molar-refractivity contribution in [3.8, 4) is 11.8 Å². The van der Waals surface area contributed by atoms with E-state index in [4.69, 9.17) is 15.1 Å². The zero-order chi connectivity index (χ0) is 14.9. The third-order valence-corrected chi connectivity index (χ3v) is 2.98. The molecule has 4 nitrogen and oxygen atoms in total. The molecular weight excluding hydrogens is 264 g/mol. The van der Waals surface area contributed by atoms with Crippen molar-refractivity contribution in [1.29, 1.82) is 5.26 Å². The number of hydrogen-bond donors (Lipinski definition) is 2.